The number of hydrogen-bond acceptors (Lipinski definition) is 8. The fraction of sp³-hybridized carbons (Fsp3) is 0.579. The normalized spacial score (nSPS) is 14.7. The molecule has 0 bridgehead atoms. The molecule has 4 N–H and O–H groups in total. The summed E-state index contributed by atoms with van der Waals surface area (Å²) in [6.45, 7) is 9.13. The Morgan fingerprint density at radius 1 is 1.07 bits per heavy atom. The van der Waals surface area contributed by atoms with Crippen molar-refractivity contribution in [3.8, 4) is 11.5 Å². The molecule has 1 rings (SSSR count). The second-order valence-corrected chi connectivity index (χ2v) is 7.70. The lowest BCUT2D eigenvalue weighted by atomic mass is 9.99. The Morgan fingerprint density at radius 2 is 1.67 bits per heavy atom. The number of phenols is 2. The Hall–Kier alpha value is -2.48. The van der Waals surface area contributed by atoms with Crippen LogP contribution < -0.4 is 5.73 Å². The number of nitrogens with two attached hydrogens (primary N) is 1. The first kappa shape index (κ1) is 22.6. The van der Waals surface area contributed by atoms with Gasteiger partial charge in [0.05, 0.1) is 6.61 Å². The molecule has 0 heterocycles. The first-order valence-electron chi connectivity index (χ1n) is 8.69. The molecule has 0 aliphatic carbocycles. The number of benzene rings is 1. The van der Waals surface area contributed by atoms with Crippen LogP contribution in [-0.4, -0.2) is 47.2 Å². The average Bonchev–Trinajstić information content (AvgIpc) is 2.55. The van der Waals surface area contributed by atoms with Gasteiger partial charge in [-0.25, -0.2) is 4.79 Å². The molecule has 8 nitrogen and oxygen atoms in total. The highest BCUT2D eigenvalue weighted by Gasteiger charge is 2.25. The van der Waals surface area contributed by atoms with E-state index in [1.54, 1.807) is 19.9 Å². The van der Waals surface area contributed by atoms with Crippen LogP contribution in [0.25, 0.3) is 0 Å². The predicted octanol–water partition coefficient (Wildman–Crippen LogP) is 2.49. The van der Waals surface area contributed by atoms with Crippen LogP contribution in [0, 0.1) is 5.41 Å². The van der Waals surface area contributed by atoms with Crippen LogP contribution in [0.3, 0.4) is 0 Å². The van der Waals surface area contributed by atoms with Crippen LogP contribution in [0.5, 0.6) is 11.5 Å². The lowest BCUT2D eigenvalue weighted by molar-refractivity contribution is -0.155. The van der Waals surface area contributed by atoms with E-state index in [0.29, 0.717) is 5.56 Å². The number of hydrogen-bond donors (Lipinski definition) is 3. The molecule has 3 atom stereocenters. The molecule has 0 aromatic heterocycles. The summed E-state index contributed by atoms with van der Waals surface area (Å²) in [6.07, 6.45) is -2.16. The first-order valence-corrected chi connectivity index (χ1v) is 8.69. The molecule has 1 aromatic carbocycles. The minimum Gasteiger partial charge on any atom is -0.504 e. The van der Waals surface area contributed by atoms with Gasteiger partial charge < -0.3 is 30.2 Å². The zero-order chi connectivity index (χ0) is 20.8. The van der Waals surface area contributed by atoms with E-state index in [1.807, 2.05) is 20.8 Å². The van der Waals surface area contributed by atoms with Crippen molar-refractivity contribution in [2.75, 3.05) is 6.61 Å². The molecule has 0 spiro atoms. The molecular weight excluding hydrogens is 354 g/mol. The van der Waals surface area contributed by atoms with Crippen molar-refractivity contribution in [2.24, 2.45) is 11.1 Å². The van der Waals surface area contributed by atoms with Gasteiger partial charge in [-0.05, 0) is 43.4 Å². The summed E-state index contributed by atoms with van der Waals surface area (Å²) < 4.78 is 15.3. The van der Waals surface area contributed by atoms with Crippen molar-refractivity contribution >= 4 is 12.1 Å². The molecule has 0 radical (unpaired) electrons. The Bertz CT molecular complexity index is 654. The van der Waals surface area contributed by atoms with E-state index in [2.05, 4.69) is 0 Å². The molecule has 0 aliphatic rings. The van der Waals surface area contributed by atoms with Crippen molar-refractivity contribution in [3.05, 3.63) is 23.8 Å². The van der Waals surface area contributed by atoms with Gasteiger partial charge in [-0.2, -0.15) is 0 Å². The van der Waals surface area contributed by atoms with E-state index in [4.69, 9.17) is 19.9 Å². The number of phenolic OH excluding ortho intramolecular Hbond substituents is 2. The molecule has 0 saturated carbocycles. The number of carbonyl (C=O) groups is 2. The standard InChI is InChI=1S/C19H29NO7/c1-11(12(2)27-18(24)25-10-19(3,4)5)26-17(23)14(20)8-13-6-7-15(21)16(22)9-13/h6-7,9,11-12,14,21-22H,8,10,20H2,1-5H3/t11-,12?,14-/m0/s1. The molecule has 152 valence electrons. The SMILES string of the molecule is CC(OC(=O)OCC(C)(C)C)[C@H](C)OC(=O)[C@@H](N)Cc1ccc(O)c(O)c1. The molecule has 1 unspecified atom stereocenters. The van der Waals surface area contributed by atoms with Crippen molar-refractivity contribution in [1.29, 1.82) is 0 Å². The highest BCUT2D eigenvalue weighted by atomic mass is 16.7. The van der Waals surface area contributed by atoms with Gasteiger partial charge in [-0.15, -0.1) is 0 Å². The third-order valence-corrected chi connectivity index (χ3v) is 3.67. The van der Waals surface area contributed by atoms with E-state index in [1.165, 1.54) is 12.1 Å². The first-order chi connectivity index (χ1) is 12.4. The monoisotopic (exact) mass is 383 g/mol. The summed E-state index contributed by atoms with van der Waals surface area (Å²) in [5.41, 5.74) is 6.21. The number of ether oxygens (including phenoxy) is 3. The maximum absolute atomic E-state index is 12.1. The lowest BCUT2D eigenvalue weighted by Crippen LogP contribution is -2.39. The highest BCUT2D eigenvalue weighted by molar-refractivity contribution is 5.76. The van der Waals surface area contributed by atoms with Crippen LogP contribution >= 0.6 is 0 Å². The van der Waals surface area contributed by atoms with Gasteiger partial charge in [0.1, 0.15) is 18.2 Å². The van der Waals surface area contributed by atoms with Crippen molar-refractivity contribution in [3.63, 3.8) is 0 Å². The second-order valence-electron chi connectivity index (χ2n) is 7.70. The highest BCUT2D eigenvalue weighted by Crippen LogP contribution is 2.25. The maximum Gasteiger partial charge on any atom is 0.508 e. The van der Waals surface area contributed by atoms with Crippen molar-refractivity contribution in [1.82, 2.24) is 0 Å². The van der Waals surface area contributed by atoms with Gasteiger partial charge >= 0.3 is 12.1 Å². The Labute approximate surface area is 159 Å². The van der Waals surface area contributed by atoms with Gasteiger partial charge in [-0.3, -0.25) is 4.79 Å². The third-order valence-electron chi connectivity index (χ3n) is 3.67. The van der Waals surface area contributed by atoms with Gasteiger partial charge in [0.15, 0.2) is 11.5 Å². The fourth-order valence-electron chi connectivity index (χ4n) is 1.96. The quantitative estimate of drug-likeness (QED) is 0.484. The molecule has 0 amide bonds. The number of aromatic hydroxyl groups is 2. The molecule has 1 aromatic rings. The molecule has 0 fully saturated rings. The minimum absolute atomic E-state index is 0.113. The fourth-order valence-corrected chi connectivity index (χ4v) is 1.96. The maximum atomic E-state index is 12.1. The molecule has 8 heteroatoms. The Kier molecular flexibility index (Phi) is 7.90. The number of carbonyl (C=O) groups excluding carboxylic acids is 2. The largest absolute Gasteiger partial charge is 0.508 e. The second kappa shape index (κ2) is 9.45. The summed E-state index contributed by atoms with van der Waals surface area (Å²) in [5, 5.41) is 18.8. The Balaban J connectivity index is 2.49. The zero-order valence-corrected chi connectivity index (χ0v) is 16.4. The van der Waals surface area contributed by atoms with Crippen LogP contribution in [0.2, 0.25) is 0 Å². The van der Waals surface area contributed by atoms with E-state index < -0.39 is 30.4 Å². The van der Waals surface area contributed by atoms with Gasteiger partial charge in [0, 0.05) is 0 Å². The number of rotatable bonds is 7. The summed E-state index contributed by atoms with van der Waals surface area (Å²) in [5.74, 6) is -1.22. The van der Waals surface area contributed by atoms with E-state index >= 15 is 0 Å². The summed E-state index contributed by atoms with van der Waals surface area (Å²) in [4.78, 5) is 23.8. The topological polar surface area (TPSA) is 128 Å². The van der Waals surface area contributed by atoms with Crippen molar-refractivity contribution in [2.45, 2.75) is 59.3 Å². The summed E-state index contributed by atoms with van der Waals surface area (Å²) in [6, 6.07) is 3.20. The van der Waals surface area contributed by atoms with Crippen LogP contribution in [-0.2, 0) is 25.4 Å². The minimum atomic E-state index is -0.976. The van der Waals surface area contributed by atoms with E-state index in [-0.39, 0.29) is 29.9 Å². The van der Waals surface area contributed by atoms with E-state index in [9.17, 15) is 19.8 Å². The van der Waals surface area contributed by atoms with Crippen molar-refractivity contribution < 1.29 is 34.0 Å². The van der Waals surface area contributed by atoms with Crippen LogP contribution in [0.4, 0.5) is 4.79 Å². The smallest absolute Gasteiger partial charge is 0.504 e. The van der Waals surface area contributed by atoms with Gasteiger partial charge in [0.25, 0.3) is 0 Å². The Morgan fingerprint density at radius 3 is 2.22 bits per heavy atom. The molecular formula is C19H29NO7. The summed E-state index contributed by atoms with van der Waals surface area (Å²) >= 11 is 0. The summed E-state index contributed by atoms with van der Waals surface area (Å²) in [7, 11) is 0. The van der Waals surface area contributed by atoms with Gasteiger partial charge in [-0.1, -0.05) is 26.8 Å². The van der Waals surface area contributed by atoms with Gasteiger partial charge in [0.2, 0.25) is 0 Å². The zero-order valence-electron chi connectivity index (χ0n) is 16.4. The van der Waals surface area contributed by atoms with Crippen LogP contribution in [0.1, 0.15) is 40.2 Å². The third kappa shape index (κ3) is 8.17. The lowest BCUT2D eigenvalue weighted by Gasteiger charge is -2.23. The molecule has 27 heavy (non-hydrogen) atoms. The average molecular weight is 383 g/mol. The van der Waals surface area contributed by atoms with E-state index in [0.717, 1.165) is 0 Å². The predicted molar refractivity (Wildman–Crippen MR) is 98.4 cm³/mol. The molecule has 0 aliphatic heterocycles. The number of esters is 1. The molecule has 0 saturated heterocycles. The van der Waals surface area contributed by atoms with Crippen LogP contribution in [0.15, 0.2) is 18.2 Å².